The molecule has 0 heterocycles. The SMILES string of the molecule is Cc1ccc(NC(=O)CN(C)CC(C)(CO)CO)cc1F. The molecule has 3 N–H and O–H groups in total. The van der Waals surface area contributed by atoms with E-state index in [9.17, 15) is 19.4 Å². The largest absolute Gasteiger partial charge is 0.396 e. The highest BCUT2D eigenvalue weighted by atomic mass is 19.1. The Morgan fingerprint density at radius 2 is 2.00 bits per heavy atom. The summed E-state index contributed by atoms with van der Waals surface area (Å²) in [7, 11) is 1.72. The number of halogens is 1. The van der Waals surface area contributed by atoms with E-state index >= 15 is 0 Å². The van der Waals surface area contributed by atoms with Crippen molar-refractivity contribution in [2.24, 2.45) is 5.41 Å². The van der Waals surface area contributed by atoms with Gasteiger partial charge in [0.1, 0.15) is 5.82 Å². The molecule has 0 aliphatic heterocycles. The van der Waals surface area contributed by atoms with Crippen molar-refractivity contribution in [3.8, 4) is 0 Å². The minimum Gasteiger partial charge on any atom is -0.396 e. The number of benzene rings is 1. The topological polar surface area (TPSA) is 72.8 Å². The number of nitrogens with one attached hydrogen (secondary N) is 1. The number of anilines is 1. The summed E-state index contributed by atoms with van der Waals surface area (Å²) in [5.41, 5.74) is 0.265. The molecule has 0 unspecified atom stereocenters. The predicted octanol–water partition coefficient (Wildman–Crippen LogP) is 0.995. The zero-order valence-electron chi connectivity index (χ0n) is 12.7. The van der Waals surface area contributed by atoms with E-state index in [1.807, 2.05) is 0 Å². The van der Waals surface area contributed by atoms with E-state index in [0.717, 1.165) is 0 Å². The minimum absolute atomic E-state index is 0.0884. The first-order valence-corrected chi connectivity index (χ1v) is 6.76. The number of hydrogen-bond donors (Lipinski definition) is 3. The van der Waals surface area contributed by atoms with Crippen LogP contribution >= 0.6 is 0 Å². The summed E-state index contributed by atoms with van der Waals surface area (Å²) in [6, 6.07) is 4.52. The fourth-order valence-electron chi connectivity index (χ4n) is 1.97. The van der Waals surface area contributed by atoms with Gasteiger partial charge in [-0.15, -0.1) is 0 Å². The van der Waals surface area contributed by atoms with Crippen molar-refractivity contribution in [3.63, 3.8) is 0 Å². The molecule has 0 atom stereocenters. The van der Waals surface area contributed by atoms with E-state index < -0.39 is 5.41 Å². The highest BCUT2D eigenvalue weighted by molar-refractivity contribution is 5.92. The number of aryl methyl sites for hydroxylation is 1. The maximum Gasteiger partial charge on any atom is 0.238 e. The van der Waals surface area contributed by atoms with Crippen LogP contribution in [0.1, 0.15) is 12.5 Å². The molecule has 0 spiro atoms. The lowest BCUT2D eigenvalue weighted by Crippen LogP contribution is -2.41. The smallest absolute Gasteiger partial charge is 0.238 e. The van der Waals surface area contributed by atoms with Gasteiger partial charge in [-0.2, -0.15) is 0 Å². The minimum atomic E-state index is -0.662. The second-order valence-electron chi connectivity index (χ2n) is 5.81. The molecule has 0 aliphatic carbocycles. The van der Waals surface area contributed by atoms with Crippen LogP contribution in [0.5, 0.6) is 0 Å². The van der Waals surface area contributed by atoms with Crippen LogP contribution in [0.3, 0.4) is 0 Å². The second-order valence-corrected chi connectivity index (χ2v) is 5.81. The van der Waals surface area contributed by atoms with E-state index in [2.05, 4.69) is 5.32 Å². The molecule has 1 aromatic rings. The summed E-state index contributed by atoms with van der Waals surface area (Å²) in [5, 5.41) is 21.1. The van der Waals surface area contributed by atoms with Gasteiger partial charge in [-0.25, -0.2) is 4.39 Å². The van der Waals surface area contributed by atoms with Crippen molar-refractivity contribution >= 4 is 11.6 Å². The molecule has 0 aliphatic rings. The maximum absolute atomic E-state index is 13.4. The Hall–Kier alpha value is -1.50. The molecule has 1 rings (SSSR count). The molecule has 5 nitrogen and oxygen atoms in total. The average molecular weight is 298 g/mol. The Labute approximate surface area is 124 Å². The number of carbonyl (C=O) groups is 1. The van der Waals surface area contributed by atoms with Crippen molar-refractivity contribution < 1.29 is 19.4 Å². The third kappa shape index (κ3) is 5.41. The lowest BCUT2D eigenvalue weighted by atomic mass is 9.92. The van der Waals surface area contributed by atoms with Crippen LogP contribution in [-0.4, -0.2) is 54.4 Å². The molecule has 0 fully saturated rings. The third-order valence-electron chi connectivity index (χ3n) is 3.28. The van der Waals surface area contributed by atoms with E-state index in [-0.39, 0.29) is 31.5 Å². The number of aliphatic hydroxyl groups excluding tert-OH is 2. The van der Waals surface area contributed by atoms with Crippen LogP contribution in [0, 0.1) is 18.2 Å². The van der Waals surface area contributed by atoms with Gasteiger partial charge in [0.15, 0.2) is 0 Å². The van der Waals surface area contributed by atoms with Crippen molar-refractivity contribution in [3.05, 3.63) is 29.6 Å². The Bertz CT molecular complexity index is 490. The fourth-order valence-corrected chi connectivity index (χ4v) is 1.97. The molecular formula is C15H23FN2O3. The molecule has 6 heteroatoms. The first-order valence-electron chi connectivity index (χ1n) is 6.76. The lowest BCUT2D eigenvalue weighted by Gasteiger charge is -2.29. The number of amides is 1. The Kier molecular flexibility index (Phi) is 6.26. The third-order valence-corrected chi connectivity index (χ3v) is 3.28. The van der Waals surface area contributed by atoms with Crippen LogP contribution in [0.15, 0.2) is 18.2 Å². The number of likely N-dealkylation sites (N-methyl/N-ethyl adjacent to an activating group) is 1. The lowest BCUT2D eigenvalue weighted by molar-refractivity contribution is -0.117. The van der Waals surface area contributed by atoms with E-state index in [1.54, 1.807) is 37.9 Å². The summed E-state index contributed by atoms with van der Waals surface area (Å²) < 4.78 is 13.4. The molecule has 0 bridgehead atoms. The molecule has 21 heavy (non-hydrogen) atoms. The second kappa shape index (κ2) is 7.49. The summed E-state index contributed by atoms with van der Waals surface area (Å²) in [4.78, 5) is 13.6. The number of aliphatic hydroxyl groups is 2. The predicted molar refractivity (Wildman–Crippen MR) is 79.5 cm³/mol. The fraction of sp³-hybridized carbons (Fsp3) is 0.533. The maximum atomic E-state index is 13.4. The molecule has 0 saturated carbocycles. The van der Waals surface area contributed by atoms with Gasteiger partial charge in [-0.1, -0.05) is 13.0 Å². The van der Waals surface area contributed by atoms with Crippen LogP contribution < -0.4 is 5.32 Å². The molecular weight excluding hydrogens is 275 g/mol. The zero-order chi connectivity index (χ0) is 16.0. The van der Waals surface area contributed by atoms with Gasteiger partial charge in [0.2, 0.25) is 5.91 Å². The van der Waals surface area contributed by atoms with Crippen molar-refractivity contribution in [1.82, 2.24) is 4.90 Å². The summed E-state index contributed by atoms with van der Waals surface area (Å²) >= 11 is 0. The quantitative estimate of drug-likeness (QED) is 0.702. The number of nitrogens with zero attached hydrogens (tertiary/aromatic N) is 1. The standard InChI is InChI=1S/C15H23FN2O3/c1-11-4-5-12(6-13(11)16)17-14(21)7-18(3)8-15(2,9-19)10-20/h4-6,19-20H,7-10H2,1-3H3,(H,17,21). The Morgan fingerprint density at radius 3 is 2.52 bits per heavy atom. The Morgan fingerprint density at radius 1 is 1.38 bits per heavy atom. The highest BCUT2D eigenvalue weighted by Crippen LogP contribution is 2.16. The molecule has 0 saturated heterocycles. The van der Waals surface area contributed by atoms with Crippen molar-refractivity contribution in [1.29, 1.82) is 0 Å². The molecule has 1 aromatic carbocycles. The number of carbonyl (C=O) groups excluding carboxylic acids is 1. The summed E-state index contributed by atoms with van der Waals surface area (Å²) in [6.45, 7) is 3.51. The Balaban J connectivity index is 2.55. The van der Waals surface area contributed by atoms with Gasteiger partial charge in [0, 0.05) is 17.6 Å². The molecule has 118 valence electrons. The normalized spacial score (nSPS) is 11.8. The first kappa shape index (κ1) is 17.6. The molecule has 0 radical (unpaired) electrons. The monoisotopic (exact) mass is 298 g/mol. The molecule has 1 amide bonds. The van der Waals surface area contributed by atoms with Crippen LogP contribution in [0.25, 0.3) is 0 Å². The van der Waals surface area contributed by atoms with Crippen LogP contribution in [0.4, 0.5) is 10.1 Å². The number of hydrogen-bond acceptors (Lipinski definition) is 4. The van der Waals surface area contributed by atoms with E-state index in [4.69, 9.17) is 0 Å². The van der Waals surface area contributed by atoms with Crippen molar-refractivity contribution in [2.45, 2.75) is 13.8 Å². The number of rotatable bonds is 7. The summed E-state index contributed by atoms with van der Waals surface area (Å²) in [5.74, 6) is -0.645. The molecule has 0 aromatic heterocycles. The van der Waals surface area contributed by atoms with Crippen LogP contribution in [-0.2, 0) is 4.79 Å². The van der Waals surface area contributed by atoms with Gasteiger partial charge in [0.05, 0.1) is 19.8 Å². The highest BCUT2D eigenvalue weighted by Gasteiger charge is 2.25. The van der Waals surface area contributed by atoms with Gasteiger partial charge in [0.25, 0.3) is 0 Å². The van der Waals surface area contributed by atoms with Gasteiger partial charge >= 0.3 is 0 Å². The van der Waals surface area contributed by atoms with E-state index in [0.29, 0.717) is 17.8 Å². The first-order chi connectivity index (χ1) is 9.79. The van der Waals surface area contributed by atoms with Crippen LogP contribution in [0.2, 0.25) is 0 Å². The average Bonchev–Trinajstić information content (AvgIpc) is 2.42. The van der Waals surface area contributed by atoms with Gasteiger partial charge < -0.3 is 15.5 Å². The van der Waals surface area contributed by atoms with Gasteiger partial charge in [-0.3, -0.25) is 9.69 Å². The van der Waals surface area contributed by atoms with E-state index in [1.165, 1.54) is 6.07 Å². The van der Waals surface area contributed by atoms with Crippen molar-refractivity contribution in [2.75, 3.05) is 38.7 Å². The summed E-state index contributed by atoms with van der Waals surface area (Å²) in [6.07, 6.45) is 0. The van der Waals surface area contributed by atoms with Gasteiger partial charge in [-0.05, 0) is 31.7 Å². The zero-order valence-corrected chi connectivity index (χ0v) is 12.7.